The molecule has 0 fully saturated rings. The van der Waals surface area contributed by atoms with Crippen molar-refractivity contribution >= 4 is 34.5 Å². The fourth-order valence-corrected chi connectivity index (χ4v) is 3.73. The highest BCUT2D eigenvalue weighted by Crippen LogP contribution is 2.37. The highest BCUT2D eigenvalue weighted by molar-refractivity contribution is 7.20. The maximum absolute atomic E-state index is 10.4. The van der Waals surface area contributed by atoms with Gasteiger partial charge >= 0.3 is 0 Å². The zero-order chi connectivity index (χ0) is 14.0. The Kier molecular flexibility index (Phi) is 4.91. The van der Waals surface area contributed by atoms with Crippen molar-refractivity contribution in [1.82, 2.24) is 0 Å². The molecular formula is C15H16Cl2OS. The minimum absolute atomic E-state index is 0.551. The smallest absolute Gasteiger partial charge is 0.106 e. The molecule has 0 saturated carbocycles. The number of aliphatic hydroxyl groups is 1. The van der Waals surface area contributed by atoms with Crippen LogP contribution in [0.25, 0.3) is 0 Å². The molecule has 1 unspecified atom stereocenters. The van der Waals surface area contributed by atoms with E-state index >= 15 is 0 Å². The molecule has 102 valence electrons. The first kappa shape index (κ1) is 14.9. The van der Waals surface area contributed by atoms with E-state index in [0.717, 1.165) is 18.4 Å². The Bertz CT molecular complexity index is 578. The van der Waals surface area contributed by atoms with Gasteiger partial charge in [0.15, 0.2) is 0 Å². The van der Waals surface area contributed by atoms with Crippen molar-refractivity contribution in [3.05, 3.63) is 55.2 Å². The number of rotatable bonds is 4. The van der Waals surface area contributed by atoms with E-state index in [1.54, 1.807) is 6.07 Å². The topological polar surface area (TPSA) is 20.2 Å². The number of hydrogen-bond acceptors (Lipinski definition) is 2. The highest BCUT2D eigenvalue weighted by atomic mass is 35.5. The van der Waals surface area contributed by atoms with Gasteiger partial charge in [-0.2, -0.15) is 0 Å². The normalized spacial score (nSPS) is 12.7. The molecule has 1 nitrogen and oxygen atoms in total. The summed E-state index contributed by atoms with van der Waals surface area (Å²) in [6, 6.07) is 7.84. The van der Waals surface area contributed by atoms with Crippen LogP contribution in [-0.2, 0) is 12.8 Å². The molecule has 1 aromatic carbocycles. The predicted octanol–water partition coefficient (Wildman–Crippen LogP) is 5.26. The molecule has 0 amide bonds. The Balaban J connectivity index is 2.39. The van der Waals surface area contributed by atoms with E-state index in [-0.39, 0.29) is 0 Å². The summed E-state index contributed by atoms with van der Waals surface area (Å²) in [7, 11) is 0. The zero-order valence-electron chi connectivity index (χ0n) is 10.9. The van der Waals surface area contributed by atoms with Crippen molar-refractivity contribution in [3.8, 4) is 0 Å². The molecule has 0 radical (unpaired) electrons. The molecule has 0 bridgehead atoms. The molecule has 0 saturated heterocycles. The van der Waals surface area contributed by atoms with E-state index in [1.807, 2.05) is 6.07 Å². The van der Waals surface area contributed by atoms with Gasteiger partial charge in [0, 0.05) is 5.56 Å². The lowest BCUT2D eigenvalue weighted by atomic mass is 9.96. The van der Waals surface area contributed by atoms with Gasteiger partial charge in [-0.25, -0.2) is 0 Å². The summed E-state index contributed by atoms with van der Waals surface area (Å²) in [5.41, 5.74) is 4.15. The summed E-state index contributed by atoms with van der Waals surface area (Å²) >= 11 is 13.3. The van der Waals surface area contributed by atoms with Crippen LogP contribution in [0.1, 0.15) is 42.2 Å². The average Bonchev–Trinajstić information content (AvgIpc) is 2.76. The monoisotopic (exact) mass is 314 g/mol. The van der Waals surface area contributed by atoms with Crippen LogP contribution >= 0.6 is 34.5 Å². The minimum atomic E-state index is -0.715. The first-order valence-electron chi connectivity index (χ1n) is 6.31. The zero-order valence-corrected chi connectivity index (χ0v) is 13.2. The second kappa shape index (κ2) is 6.27. The van der Waals surface area contributed by atoms with E-state index < -0.39 is 6.10 Å². The predicted molar refractivity (Wildman–Crippen MR) is 83.6 cm³/mol. The molecule has 0 aliphatic heterocycles. The van der Waals surface area contributed by atoms with Crippen LogP contribution < -0.4 is 0 Å². The molecule has 1 N–H and O–H groups in total. The van der Waals surface area contributed by atoms with Crippen molar-refractivity contribution in [1.29, 1.82) is 0 Å². The largest absolute Gasteiger partial charge is 0.384 e. The average molecular weight is 315 g/mol. The van der Waals surface area contributed by atoms with Gasteiger partial charge in [-0.1, -0.05) is 55.2 Å². The Hall–Kier alpha value is -0.540. The molecular weight excluding hydrogens is 299 g/mol. The van der Waals surface area contributed by atoms with Gasteiger partial charge in [-0.3, -0.25) is 0 Å². The SMILES string of the molecule is CCc1ccc(C(O)c2cc(Cl)sc2Cl)cc1CC. The Labute approximate surface area is 127 Å². The summed E-state index contributed by atoms with van der Waals surface area (Å²) in [5, 5.41) is 10.4. The second-order valence-corrected chi connectivity index (χ2v) is 6.70. The maximum Gasteiger partial charge on any atom is 0.106 e. The molecule has 2 rings (SSSR count). The summed E-state index contributed by atoms with van der Waals surface area (Å²) in [6.45, 7) is 4.26. The van der Waals surface area contributed by atoms with Crippen molar-refractivity contribution in [3.63, 3.8) is 0 Å². The van der Waals surface area contributed by atoms with Crippen LogP contribution in [0.15, 0.2) is 24.3 Å². The summed E-state index contributed by atoms with van der Waals surface area (Å²) < 4.78 is 1.15. The lowest BCUT2D eigenvalue weighted by molar-refractivity contribution is 0.221. The lowest BCUT2D eigenvalue weighted by Crippen LogP contribution is -2.01. The van der Waals surface area contributed by atoms with Gasteiger partial charge in [0.05, 0.1) is 4.34 Å². The van der Waals surface area contributed by atoms with Gasteiger partial charge in [0.25, 0.3) is 0 Å². The summed E-state index contributed by atoms with van der Waals surface area (Å²) in [5.74, 6) is 0. The molecule has 19 heavy (non-hydrogen) atoms. The molecule has 0 aliphatic rings. The van der Waals surface area contributed by atoms with E-state index in [1.165, 1.54) is 22.5 Å². The maximum atomic E-state index is 10.4. The quantitative estimate of drug-likeness (QED) is 0.816. The van der Waals surface area contributed by atoms with Crippen LogP contribution in [0.2, 0.25) is 8.67 Å². The van der Waals surface area contributed by atoms with Gasteiger partial charge < -0.3 is 5.11 Å². The standard InChI is InChI=1S/C15H16Cl2OS/c1-3-9-5-6-11(7-10(9)4-2)14(18)12-8-13(16)19-15(12)17/h5-8,14,18H,3-4H2,1-2H3. The van der Waals surface area contributed by atoms with Crippen molar-refractivity contribution in [2.45, 2.75) is 32.8 Å². The number of halogens is 2. The number of aryl methyl sites for hydroxylation is 2. The van der Waals surface area contributed by atoms with Crippen LogP contribution in [0, 0.1) is 0 Å². The number of benzene rings is 1. The molecule has 2 aromatic rings. The Morgan fingerprint density at radius 1 is 1.11 bits per heavy atom. The Morgan fingerprint density at radius 2 is 1.79 bits per heavy atom. The van der Waals surface area contributed by atoms with Crippen molar-refractivity contribution in [2.24, 2.45) is 0 Å². The summed E-state index contributed by atoms with van der Waals surface area (Å²) in [6.07, 6.45) is 1.25. The first-order chi connectivity index (χ1) is 9.06. The number of hydrogen-bond donors (Lipinski definition) is 1. The molecule has 1 aromatic heterocycles. The van der Waals surface area contributed by atoms with Crippen molar-refractivity contribution < 1.29 is 5.11 Å². The summed E-state index contributed by atoms with van der Waals surface area (Å²) in [4.78, 5) is 0. The third kappa shape index (κ3) is 3.14. The van der Waals surface area contributed by atoms with Crippen LogP contribution in [0.5, 0.6) is 0 Å². The molecule has 0 spiro atoms. The lowest BCUT2D eigenvalue weighted by Gasteiger charge is -2.14. The van der Waals surface area contributed by atoms with E-state index in [2.05, 4.69) is 26.0 Å². The first-order valence-corrected chi connectivity index (χ1v) is 7.88. The van der Waals surface area contributed by atoms with E-state index in [4.69, 9.17) is 23.2 Å². The molecule has 1 atom stereocenters. The van der Waals surface area contributed by atoms with Crippen LogP contribution in [0.3, 0.4) is 0 Å². The second-order valence-electron chi connectivity index (χ2n) is 4.42. The van der Waals surface area contributed by atoms with Gasteiger partial charge in [0.1, 0.15) is 10.4 Å². The Morgan fingerprint density at radius 3 is 2.32 bits per heavy atom. The molecule has 4 heteroatoms. The van der Waals surface area contributed by atoms with Gasteiger partial charge in [0.2, 0.25) is 0 Å². The van der Waals surface area contributed by atoms with Crippen LogP contribution in [-0.4, -0.2) is 5.11 Å². The molecule has 0 aliphatic carbocycles. The molecule has 1 heterocycles. The highest BCUT2D eigenvalue weighted by Gasteiger charge is 2.17. The minimum Gasteiger partial charge on any atom is -0.384 e. The van der Waals surface area contributed by atoms with Crippen molar-refractivity contribution in [2.75, 3.05) is 0 Å². The fraction of sp³-hybridized carbons (Fsp3) is 0.333. The van der Waals surface area contributed by atoms with E-state index in [9.17, 15) is 5.11 Å². The van der Waals surface area contributed by atoms with Gasteiger partial charge in [-0.15, -0.1) is 11.3 Å². The van der Waals surface area contributed by atoms with Crippen LogP contribution in [0.4, 0.5) is 0 Å². The number of aliphatic hydroxyl groups excluding tert-OH is 1. The number of thiophene rings is 1. The third-order valence-corrected chi connectivity index (χ3v) is 4.80. The fourth-order valence-electron chi connectivity index (χ4n) is 2.21. The van der Waals surface area contributed by atoms with Gasteiger partial charge in [-0.05, 0) is 35.6 Å². The van der Waals surface area contributed by atoms with E-state index in [0.29, 0.717) is 14.2 Å². The third-order valence-electron chi connectivity index (χ3n) is 3.29.